The van der Waals surface area contributed by atoms with Gasteiger partial charge in [-0.3, -0.25) is 9.69 Å². The molecule has 3 heteroatoms. The lowest BCUT2D eigenvalue weighted by atomic mass is 9.92. The molecule has 0 spiro atoms. The van der Waals surface area contributed by atoms with Crippen LogP contribution in [0.1, 0.15) is 52.9 Å². The third-order valence-electron chi connectivity index (χ3n) is 4.11. The monoisotopic (exact) mass is 241 g/mol. The molecule has 1 aliphatic rings. The van der Waals surface area contributed by atoms with Gasteiger partial charge in [0.25, 0.3) is 0 Å². The summed E-state index contributed by atoms with van der Waals surface area (Å²) in [7, 11) is 1.48. The molecule has 3 nitrogen and oxygen atoms in total. The van der Waals surface area contributed by atoms with Crippen molar-refractivity contribution in [3.05, 3.63) is 0 Å². The Bertz CT molecular complexity index is 240. The standard InChI is InChI=1S/C14H27NO2/c1-5-8-13-9-6-7-10-15(13)12(3)11(2)14(16)17-4/h11-13H,5-10H2,1-4H3. The molecule has 3 atom stereocenters. The van der Waals surface area contributed by atoms with Crippen LogP contribution in [0.4, 0.5) is 0 Å². The van der Waals surface area contributed by atoms with E-state index in [1.807, 2.05) is 6.92 Å². The van der Waals surface area contributed by atoms with Gasteiger partial charge in [-0.05, 0) is 32.7 Å². The summed E-state index contributed by atoms with van der Waals surface area (Å²) in [6.45, 7) is 7.51. The second-order valence-corrected chi connectivity index (χ2v) is 5.23. The Labute approximate surface area is 106 Å². The minimum atomic E-state index is -0.0849. The number of likely N-dealkylation sites (tertiary alicyclic amines) is 1. The quantitative estimate of drug-likeness (QED) is 0.693. The van der Waals surface area contributed by atoms with Crippen LogP contribution < -0.4 is 0 Å². The molecule has 0 bridgehead atoms. The van der Waals surface area contributed by atoms with E-state index in [1.165, 1.54) is 39.2 Å². The van der Waals surface area contributed by atoms with Crippen LogP contribution in [0.5, 0.6) is 0 Å². The van der Waals surface area contributed by atoms with E-state index < -0.39 is 0 Å². The van der Waals surface area contributed by atoms with Gasteiger partial charge in [-0.25, -0.2) is 0 Å². The van der Waals surface area contributed by atoms with Crippen LogP contribution in [0.3, 0.4) is 0 Å². The van der Waals surface area contributed by atoms with Gasteiger partial charge in [0, 0.05) is 12.1 Å². The smallest absolute Gasteiger partial charge is 0.309 e. The maximum atomic E-state index is 11.6. The van der Waals surface area contributed by atoms with E-state index in [0.29, 0.717) is 12.1 Å². The van der Waals surface area contributed by atoms with Crippen molar-refractivity contribution in [3.63, 3.8) is 0 Å². The third-order valence-corrected chi connectivity index (χ3v) is 4.11. The van der Waals surface area contributed by atoms with Crippen LogP contribution in [0.2, 0.25) is 0 Å². The molecule has 1 saturated heterocycles. The summed E-state index contributed by atoms with van der Waals surface area (Å²) in [6, 6.07) is 0.954. The number of methoxy groups -OCH3 is 1. The predicted molar refractivity (Wildman–Crippen MR) is 69.9 cm³/mol. The summed E-state index contributed by atoms with van der Waals surface area (Å²) >= 11 is 0. The zero-order valence-corrected chi connectivity index (χ0v) is 11.7. The van der Waals surface area contributed by atoms with Gasteiger partial charge in [0.05, 0.1) is 13.0 Å². The molecular formula is C14H27NO2. The zero-order valence-electron chi connectivity index (χ0n) is 11.7. The number of hydrogen-bond acceptors (Lipinski definition) is 3. The fraction of sp³-hybridized carbons (Fsp3) is 0.929. The summed E-state index contributed by atoms with van der Waals surface area (Å²) in [5, 5.41) is 0. The highest BCUT2D eigenvalue weighted by Gasteiger charge is 2.31. The molecule has 17 heavy (non-hydrogen) atoms. The number of piperidine rings is 1. The normalized spacial score (nSPS) is 25.3. The zero-order chi connectivity index (χ0) is 12.8. The van der Waals surface area contributed by atoms with Crippen LogP contribution in [-0.2, 0) is 9.53 Å². The van der Waals surface area contributed by atoms with Gasteiger partial charge in [-0.2, -0.15) is 0 Å². The molecule has 1 rings (SSSR count). The topological polar surface area (TPSA) is 29.5 Å². The predicted octanol–water partition coefficient (Wildman–Crippen LogP) is 2.84. The summed E-state index contributed by atoms with van der Waals surface area (Å²) in [6.07, 6.45) is 6.35. The molecule has 1 heterocycles. The molecule has 3 unspecified atom stereocenters. The van der Waals surface area contributed by atoms with E-state index in [-0.39, 0.29) is 11.9 Å². The number of carbonyl (C=O) groups is 1. The first-order valence-electron chi connectivity index (χ1n) is 6.95. The van der Waals surface area contributed by atoms with Gasteiger partial charge in [-0.15, -0.1) is 0 Å². The Hall–Kier alpha value is -0.570. The van der Waals surface area contributed by atoms with E-state index in [9.17, 15) is 4.79 Å². The third kappa shape index (κ3) is 3.70. The SMILES string of the molecule is CCCC1CCCCN1C(C)C(C)C(=O)OC. The first kappa shape index (κ1) is 14.5. The van der Waals surface area contributed by atoms with E-state index in [0.717, 1.165) is 6.54 Å². The lowest BCUT2D eigenvalue weighted by Gasteiger charge is -2.41. The van der Waals surface area contributed by atoms with E-state index in [1.54, 1.807) is 0 Å². The van der Waals surface area contributed by atoms with Crippen molar-refractivity contribution < 1.29 is 9.53 Å². The van der Waals surface area contributed by atoms with Gasteiger partial charge in [-0.1, -0.05) is 26.7 Å². The molecule has 100 valence electrons. The molecule has 0 aromatic carbocycles. The Morgan fingerprint density at radius 2 is 2.12 bits per heavy atom. The molecule has 0 aliphatic carbocycles. The molecule has 1 aliphatic heterocycles. The summed E-state index contributed by atoms with van der Waals surface area (Å²) in [5.41, 5.74) is 0. The Morgan fingerprint density at radius 3 is 2.71 bits per heavy atom. The number of ether oxygens (including phenoxy) is 1. The van der Waals surface area contributed by atoms with E-state index >= 15 is 0 Å². The second kappa shape index (κ2) is 7.00. The maximum absolute atomic E-state index is 11.6. The molecule has 0 N–H and O–H groups in total. The number of nitrogens with zero attached hydrogens (tertiary/aromatic N) is 1. The van der Waals surface area contributed by atoms with Gasteiger partial charge in [0.15, 0.2) is 0 Å². The summed E-state index contributed by atoms with van der Waals surface area (Å²) < 4.78 is 4.85. The van der Waals surface area contributed by atoms with Crippen molar-refractivity contribution in [2.75, 3.05) is 13.7 Å². The average Bonchev–Trinajstić information content (AvgIpc) is 2.37. The van der Waals surface area contributed by atoms with Crippen molar-refractivity contribution in [1.29, 1.82) is 0 Å². The van der Waals surface area contributed by atoms with Crippen LogP contribution in [0, 0.1) is 5.92 Å². The summed E-state index contributed by atoms with van der Waals surface area (Å²) in [4.78, 5) is 14.1. The van der Waals surface area contributed by atoms with Gasteiger partial charge in [0.1, 0.15) is 0 Å². The highest BCUT2D eigenvalue weighted by atomic mass is 16.5. The number of esters is 1. The average molecular weight is 241 g/mol. The fourth-order valence-electron chi connectivity index (χ4n) is 2.87. The van der Waals surface area contributed by atoms with Crippen molar-refractivity contribution >= 4 is 5.97 Å². The number of rotatable bonds is 5. The van der Waals surface area contributed by atoms with Crippen molar-refractivity contribution in [2.45, 2.75) is 65.0 Å². The molecule has 0 saturated carbocycles. The summed E-state index contributed by atoms with van der Waals surface area (Å²) in [5.74, 6) is -0.115. The van der Waals surface area contributed by atoms with Crippen LogP contribution in [-0.4, -0.2) is 36.6 Å². The Morgan fingerprint density at radius 1 is 1.41 bits per heavy atom. The minimum absolute atomic E-state index is 0.0301. The van der Waals surface area contributed by atoms with Gasteiger partial charge < -0.3 is 4.74 Å². The lowest BCUT2D eigenvalue weighted by molar-refractivity contribution is -0.147. The van der Waals surface area contributed by atoms with Crippen LogP contribution in [0.15, 0.2) is 0 Å². The highest BCUT2D eigenvalue weighted by molar-refractivity contribution is 5.72. The van der Waals surface area contributed by atoms with Crippen LogP contribution >= 0.6 is 0 Å². The molecule has 0 amide bonds. The Balaban J connectivity index is 2.63. The fourth-order valence-corrected chi connectivity index (χ4v) is 2.87. The second-order valence-electron chi connectivity index (χ2n) is 5.23. The molecular weight excluding hydrogens is 214 g/mol. The molecule has 0 aromatic rings. The largest absolute Gasteiger partial charge is 0.469 e. The van der Waals surface area contributed by atoms with Crippen molar-refractivity contribution in [1.82, 2.24) is 4.90 Å². The van der Waals surface area contributed by atoms with E-state index in [4.69, 9.17) is 4.74 Å². The number of carbonyl (C=O) groups excluding carboxylic acids is 1. The maximum Gasteiger partial charge on any atom is 0.309 e. The molecule has 0 aromatic heterocycles. The number of hydrogen-bond donors (Lipinski definition) is 0. The van der Waals surface area contributed by atoms with E-state index in [2.05, 4.69) is 18.7 Å². The van der Waals surface area contributed by atoms with Crippen LogP contribution in [0.25, 0.3) is 0 Å². The minimum Gasteiger partial charge on any atom is -0.469 e. The molecule has 1 fully saturated rings. The molecule has 0 radical (unpaired) electrons. The Kier molecular flexibility index (Phi) is 5.96. The van der Waals surface area contributed by atoms with Crippen molar-refractivity contribution in [3.8, 4) is 0 Å². The first-order valence-corrected chi connectivity index (χ1v) is 6.95. The van der Waals surface area contributed by atoms with Crippen molar-refractivity contribution in [2.24, 2.45) is 5.92 Å². The highest BCUT2D eigenvalue weighted by Crippen LogP contribution is 2.26. The first-order chi connectivity index (χ1) is 8.11. The van der Waals surface area contributed by atoms with Gasteiger partial charge >= 0.3 is 5.97 Å². The lowest BCUT2D eigenvalue weighted by Crippen LogP contribution is -2.49. The van der Waals surface area contributed by atoms with Gasteiger partial charge in [0.2, 0.25) is 0 Å².